The summed E-state index contributed by atoms with van der Waals surface area (Å²) in [5, 5.41) is 24.1. The van der Waals surface area contributed by atoms with Gasteiger partial charge in [0.25, 0.3) is 0 Å². The van der Waals surface area contributed by atoms with Gasteiger partial charge in [0, 0.05) is 0 Å². The monoisotopic (exact) mass is 192 g/mol. The molecule has 0 saturated carbocycles. The molecular formula is C8H16O5. The Bertz CT molecular complexity index is 153. The SMILES string of the molecule is CCCC.O=C(O)CC(O)C(=O)O. The van der Waals surface area contributed by atoms with E-state index in [4.69, 9.17) is 15.3 Å². The van der Waals surface area contributed by atoms with E-state index in [-0.39, 0.29) is 0 Å². The van der Waals surface area contributed by atoms with Gasteiger partial charge in [0.1, 0.15) is 0 Å². The summed E-state index contributed by atoms with van der Waals surface area (Å²) in [6.45, 7) is 4.36. The van der Waals surface area contributed by atoms with Crippen LogP contribution < -0.4 is 0 Å². The zero-order valence-electron chi connectivity index (χ0n) is 7.86. The second-order valence-corrected chi connectivity index (χ2v) is 2.45. The molecule has 0 bridgehead atoms. The first kappa shape index (κ1) is 14.4. The van der Waals surface area contributed by atoms with Crippen LogP contribution in [0.5, 0.6) is 0 Å². The predicted octanol–water partition coefficient (Wildman–Crippen LogP) is 0.713. The fourth-order valence-corrected chi connectivity index (χ4v) is 0.253. The van der Waals surface area contributed by atoms with Crippen molar-refractivity contribution in [1.29, 1.82) is 0 Å². The van der Waals surface area contributed by atoms with Crippen molar-refractivity contribution in [3.63, 3.8) is 0 Å². The Kier molecular flexibility index (Phi) is 9.98. The van der Waals surface area contributed by atoms with Gasteiger partial charge in [0.15, 0.2) is 6.10 Å². The minimum absolute atomic E-state index is 0.755. The van der Waals surface area contributed by atoms with Crippen LogP contribution >= 0.6 is 0 Å². The van der Waals surface area contributed by atoms with Gasteiger partial charge < -0.3 is 15.3 Å². The van der Waals surface area contributed by atoms with Crippen LogP contribution in [-0.2, 0) is 9.59 Å². The third-order valence-electron chi connectivity index (χ3n) is 1.15. The van der Waals surface area contributed by atoms with E-state index < -0.39 is 24.5 Å². The van der Waals surface area contributed by atoms with Crippen LogP contribution in [0.2, 0.25) is 0 Å². The summed E-state index contributed by atoms with van der Waals surface area (Å²) in [7, 11) is 0. The molecule has 0 rings (SSSR count). The van der Waals surface area contributed by atoms with Crippen LogP contribution in [0.15, 0.2) is 0 Å². The van der Waals surface area contributed by atoms with Crippen LogP contribution in [0.1, 0.15) is 33.1 Å². The van der Waals surface area contributed by atoms with Gasteiger partial charge in [-0.05, 0) is 0 Å². The van der Waals surface area contributed by atoms with Crippen molar-refractivity contribution < 1.29 is 24.9 Å². The summed E-state index contributed by atoms with van der Waals surface area (Å²) in [6.07, 6.45) is 0.0949. The Labute approximate surface area is 77.0 Å². The van der Waals surface area contributed by atoms with E-state index in [0.29, 0.717) is 0 Å². The third-order valence-corrected chi connectivity index (χ3v) is 1.15. The molecule has 3 N–H and O–H groups in total. The highest BCUT2D eigenvalue weighted by molar-refractivity contribution is 5.79. The highest BCUT2D eigenvalue weighted by Gasteiger charge is 2.16. The molecule has 0 aliphatic rings. The standard InChI is InChI=1S/C4H6O5.C4H10/c5-2(4(8)9)1-3(6)7;1-3-4-2/h2,5H,1H2,(H,6,7)(H,8,9);3-4H2,1-2H3. The van der Waals surface area contributed by atoms with Crippen LogP contribution in [0.4, 0.5) is 0 Å². The number of hydrogen-bond acceptors (Lipinski definition) is 3. The molecule has 1 unspecified atom stereocenters. The summed E-state index contributed by atoms with van der Waals surface area (Å²) in [5.41, 5.74) is 0. The van der Waals surface area contributed by atoms with Crippen LogP contribution in [-0.4, -0.2) is 33.4 Å². The maximum Gasteiger partial charge on any atom is 0.333 e. The lowest BCUT2D eigenvalue weighted by Gasteiger charge is -1.97. The lowest BCUT2D eigenvalue weighted by Crippen LogP contribution is -2.22. The third kappa shape index (κ3) is 13.8. The molecule has 0 aromatic carbocycles. The molecule has 0 aliphatic carbocycles. The van der Waals surface area contributed by atoms with Crippen molar-refractivity contribution in [2.24, 2.45) is 0 Å². The average molecular weight is 192 g/mol. The van der Waals surface area contributed by atoms with E-state index in [0.717, 1.165) is 0 Å². The molecule has 5 heteroatoms. The summed E-state index contributed by atoms with van der Waals surface area (Å²) in [6, 6.07) is 0. The maximum absolute atomic E-state index is 9.72. The zero-order valence-corrected chi connectivity index (χ0v) is 7.86. The number of rotatable bonds is 4. The first-order valence-electron chi connectivity index (χ1n) is 4.08. The molecule has 0 radical (unpaired) electrons. The van der Waals surface area contributed by atoms with Gasteiger partial charge in [-0.15, -0.1) is 0 Å². The van der Waals surface area contributed by atoms with Gasteiger partial charge in [-0.3, -0.25) is 4.79 Å². The molecule has 0 aromatic heterocycles. The minimum Gasteiger partial charge on any atom is -0.481 e. The van der Waals surface area contributed by atoms with E-state index in [1.165, 1.54) is 12.8 Å². The Morgan fingerprint density at radius 2 is 1.54 bits per heavy atom. The molecule has 5 nitrogen and oxygen atoms in total. The molecule has 0 aliphatic heterocycles. The molecule has 0 fully saturated rings. The number of carboxylic acid groups (broad SMARTS) is 2. The van der Waals surface area contributed by atoms with Gasteiger partial charge in [-0.1, -0.05) is 26.7 Å². The van der Waals surface area contributed by atoms with Gasteiger partial charge in [-0.2, -0.15) is 0 Å². The van der Waals surface area contributed by atoms with Crippen molar-refractivity contribution in [1.82, 2.24) is 0 Å². The van der Waals surface area contributed by atoms with Crippen LogP contribution in [0, 0.1) is 0 Å². The fourth-order valence-electron chi connectivity index (χ4n) is 0.253. The molecular weight excluding hydrogens is 176 g/mol. The van der Waals surface area contributed by atoms with Crippen molar-refractivity contribution in [2.45, 2.75) is 39.2 Å². The van der Waals surface area contributed by atoms with Gasteiger partial charge in [0.2, 0.25) is 0 Å². The van der Waals surface area contributed by atoms with Gasteiger partial charge in [-0.25, -0.2) is 4.79 Å². The smallest absolute Gasteiger partial charge is 0.333 e. The maximum atomic E-state index is 9.72. The summed E-state index contributed by atoms with van der Waals surface area (Å²) >= 11 is 0. The predicted molar refractivity (Wildman–Crippen MR) is 46.5 cm³/mol. The van der Waals surface area contributed by atoms with Crippen molar-refractivity contribution >= 4 is 11.9 Å². The number of unbranched alkanes of at least 4 members (excludes halogenated alkanes) is 1. The summed E-state index contributed by atoms with van der Waals surface area (Å²) < 4.78 is 0. The topological polar surface area (TPSA) is 94.8 Å². The molecule has 0 heterocycles. The van der Waals surface area contributed by atoms with E-state index in [2.05, 4.69) is 13.8 Å². The summed E-state index contributed by atoms with van der Waals surface area (Å²) in [5.74, 6) is -2.85. The lowest BCUT2D eigenvalue weighted by molar-refractivity contribution is -0.152. The molecule has 0 saturated heterocycles. The molecule has 0 amide bonds. The normalized spacial score (nSPS) is 11.0. The lowest BCUT2D eigenvalue weighted by atomic mass is 10.3. The van der Waals surface area contributed by atoms with Crippen molar-refractivity contribution in [3.05, 3.63) is 0 Å². The molecule has 0 aromatic rings. The van der Waals surface area contributed by atoms with E-state index >= 15 is 0 Å². The number of aliphatic carboxylic acids is 2. The van der Waals surface area contributed by atoms with Crippen molar-refractivity contribution in [2.75, 3.05) is 0 Å². The first-order chi connectivity index (χ1) is 5.95. The zero-order chi connectivity index (χ0) is 10.9. The molecule has 78 valence electrons. The minimum atomic E-state index is -1.79. The molecule has 13 heavy (non-hydrogen) atoms. The number of carbonyl (C=O) groups is 2. The molecule has 0 spiro atoms. The number of hydrogen-bond donors (Lipinski definition) is 3. The van der Waals surface area contributed by atoms with Crippen molar-refractivity contribution in [3.8, 4) is 0 Å². The Morgan fingerprint density at radius 3 is 1.62 bits per heavy atom. The van der Waals surface area contributed by atoms with E-state index in [1.807, 2.05) is 0 Å². The fraction of sp³-hybridized carbons (Fsp3) is 0.750. The van der Waals surface area contributed by atoms with Gasteiger partial charge in [0.05, 0.1) is 6.42 Å². The second-order valence-electron chi connectivity index (χ2n) is 2.45. The summed E-state index contributed by atoms with van der Waals surface area (Å²) in [4.78, 5) is 19.4. The number of carboxylic acids is 2. The number of aliphatic hydroxyl groups excluding tert-OH is 1. The average Bonchev–Trinajstić information content (AvgIpc) is 2.03. The first-order valence-corrected chi connectivity index (χ1v) is 4.08. The number of aliphatic hydroxyl groups is 1. The Hall–Kier alpha value is -1.10. The molecule has 1 atom stereocenters. The Balaban J connectivity index is 0. The highest BCUT2D eigenvalue weighted by Crippen LogP contribution is 1.89. The van der Waals surface area contributed by atoms with Crippen LogP contribution in [0.3, 0.4) is 0 Å². The van der Waals surface area contributed by atoms with E-state index in [9.17, 15) is 9.59 Å². The second kappa shape index (κ2) is 8.99. The van der Waals surface area contributed by atoms with E-state index in [1.54, 1.807) is 0 Å². The van der Waals surface area contributed by atoms with Gasteiger partial charge >= 0.3 is 11.9 Å². The quantitative estimate of drug-likeness (QED) is 0.609. The van der Waals surface area contributed by atoms with Crippen LogP contribution in [0.25, 0.3) is 0 Å². The highest BCUT2D eigenvalue weighted by atomic mass is 16.4. The Morgan fingerprint density at radius 1 is 1.15 bits per heavy atom. The largest absolute Gasteiger partial charge is 0.481 e.